The van der Waals surface area contributed by atoms with Crippen molar-refractivity contribution in [3.05, 3.63) is 47.4 Å². The topological polar surface area (TPSA) is 69.5 Å². The van der Waals surface area contributed by atoms with E-state index in [1.54, 1.807) is 21.7 Å². The molecule has 0 aliphatic carbocycles. The molecule has 28 heavy (non-hydrogen) atoms. The van der Waals surface area contributed by atoms with Crippen LogP contribution in [0.25, 0.3) is 16.7 Å². The maximum Gasteiger partial charge on any atom is 0.416 e. The lowest BCUT2D eigenvalue weighted by Gasteiger charge is -2.29. The number of carbonyl (C=O) groups is 1. The second-order valence-corrected chi connectivity index (χ2v) is 7.18. The zero-order chi connectivity index (χ0) is 19.3. The van der Waals surface area contributed by atoms with Crippen molar-refractivity contribution < 1.29 is 18.7 Å². The van der Waals surface area contributed by atoms with E-state index in [9.17, 15) is 9.18 Å². The largest absolute Gasteiger partial charge is 0.416 e. The molecule has 1 saturated heterocycles. The van der Waals surface area contributed by atoms with E-state index in [0.717, 1.165) is 36.1 Å². The minimum atomic E-state index is -0.417. The first kappa shape index (κ1) is 17.1. The van der Waals surface area contributed by atoms with Crippen LogP contribution in [0.15, 0.2) is 30.3 Å². The van der Waals surface area contributed by atoms with Gasteiger partial charge in [0.1, 0.15) is 5.82 Å². The van der Waals surface area contributed by atoms with Gasteiger partial charge in [0, 0.05) is 17.6 Å². The van der Waals surface area contributed by atoms with Crippen LogP contribution in [0, 0.1) is 12.7 Å². The molecule has 1 atom stereocenters. The summed E-state index contributed by atoms with van der Waals surface area (Å²) in [5.41, 5.74) is 2.90. The first-order chi connectivity index (χ1) is 13.6. The fourth-order valence-electron chi connectivity index (χ4n) is 3.76. The molecule has 1 aromatic carbocycles. The fraction of sp³-hybridized carbons (Fsp3) is 0.350. The second kappa shape index (κ2) is 6.56. The van der Waals surface area contributed by atoms with Crippen molar-refractivity contribution >= 4 is 17.1 Å². The molecule has 0 unspecified atom stereocenters. The van der Waals surface area contributed by atoms with Crippen LogP contribution in [-0.2, 0) is 11.3 Å². The molecule has 1 amide bonds. The smallest absolute Gasteiger partial charge is 0.391 e. The highest BCUT2D eigenvalue weighted by Gasteiger charge is 2.30. The van der Waals surface area contributed by atoms with Gasteiger partial charge in [0.25, 0.3) is 0 Å². The van der Waals surface area contributed by atoms with Gasteiger partial charge in [-0.1, -0.05) is 0 Å². The molecule has 0 bridgehead atoms. The van der Waals surface area contributed by atoms with E-state index in [-0.39, 0.29) is 11.9 Å². The summed E-state index contributed by atoms with van der Waals surface area (Å²) >= 11 is 0. The number of ether oxygens (including phenoxy) is 2. The van der Waals surface area contributed by atoms with Crippen LogP contribution in [0.1, 0.15) is 24.1 Å². The molecule has 2 aromatic heterocycles. The Bertz CT molecular complexity index is 1060. The Kier molecular flexibility index (Phi) is 4.01. The molecular formula is C20H19FN4O3. The third-order valence-electron chi connectivity index (χ3n) is 5.20. The normalized spacial score (nSPS) is 19.1. The number of aromatic nitrogens is 3. The Morgan fingerprint density at radius 2 is 2.11 bits per heavy atom. The number of amides is 1. The van der Waals surface area contributed by atoms with Crippen LogP contribution in [-0.4, -0.2) is 45.0 Å². The predicted molar refractivity (Wildman–Crippen MR) is 99.0 cm³/mol. The number of aryl methyl sites for hydroxylation is 1. The number of nitrogens with zero attached hydrogens (tertiary/aromatic N) is 4. The number of hydrogen-bond acceptors (Lipinski definition) is 5. The molecule has 8 heteroatoms. The minimum absolute atomic E-state index is 0.0637. The quantitative estimate of drug-likeness (QED) is 0.695. The summed E-state index contributed by atoms with van der Waals surface area (Å²) in [6.45, 7) is 3.59. The molecule has 0 N–H and O–H groups in total. The van der Waals surface area contributed by atoms with Crippen molar-refractivity contribution in [3.8, 4) is 11.6 Å². The van der Waals surface area contributed by atoms with E-state index in [1.807, 2.05) is 13.0 Å². The highest BCUT2D eigenvalue weighted by Crippen LogP contribution is 2.31. The van der Waals surface area contributed by atoms with E-state index in [4.69, 9.17) is 9.47 Å². The van der Waals surface area contributed by atoms with Crippen molar-refractivity contribution in [2.45, 2.75) is 32.4 Å². The van der Waals surface area contributed by atoms with Gasteiger partial charge in [-0.15, -0.1) is 0 Å². The van der Waals surface area contributed by atoms with Gasteiger partial charge < -0.3 is 14.4 Å². The zero-order valence-corrected chi connectivity index (χ0v) is 15.4. The average Bonchev–Trinajstić information content (AvgIpc) is 3.30. The maximum absolute atomic E-state index is 13.3. The Balaban J connectivity index is 1.52. The SMILES string of the molecule is Cc1nn(-c2ccc(F)cc2)c2nc3c(cc12)CN(C[C@@H]1CCCO1)C(=O)O3. The van der Waals surface area contributed by atoms with Gasteiger partial charge in [-0.25, -0.2) is 13.9 Å². The molecule has 144 valence electrons. The molecule has 2 aliphatic rings. The lowest BCUT2D eigenvalue weighted by molar-refractivity contribution is 0.0641. The van der Waals surface area contributed by atoms with Gasteiger partial charge in [0.05, 0.1) is 30.6 Å². The molecule has 0 saturated carbocycles. The molecule has 4 heterocycles. The van der Waals surface area contributed by atoms with Crippen molar-refractivity contribution in [2.75, 3.05) is 13.2 Å². The van der Waals surface area contributed by atoms with Gasteiger partial charge in [-0.05, 0) is 50.1 Å². The number of hydrogen-bond donors (Lipinski definition) is 0. The Labute approximate surface area is 160 Å². The Morgan fingerprint density at radius 3 is 2.86 bits per heavy atom. The van der Waals surface area contributed by atoms with Crippen molar-refractivity contribution in [3.63, 3.8) is 0 Å². The number of carbonyl (C=O) groups excluding carboxylic acids is 1. The number of benzene rings is 1. The number of halogens is 1. The highest BCUT2D eigenvalue weighted by molar-refractivity contribution is 5.83. The summed E-state index contributed by atoms with van der Waals surface area (Å²) in [6, 6.07) is 7.99. The third-order valence-corrected chi connectivity index (χ3v) is 5.20. The highest BCUT2D eigenvalue weighted by atomic mass is 19.1. The molecule has 5 rings (SSSR count). The second-order valence-electron chi connectivity index (χ2n) is 7.18. The summed E-state index contributed by atoms with van der Waals surface area (Å²) in [7, 11) is 0. The van der Waals surface area contributed by atoms with Crippen molar-refractivity contribution in [2.24, 2.45) is 0 Å². The predicted octanol–water partition coefficient (Wildman–Crippen LogP) is 3.36. The van der Waals surface area contributed by atoms with Crippen LogP contribution in [0.4, 0.5) is 9.18 Å². The lowest BCUT2D eigenvalue weighted by Crippen LogP contribution is -2.41. The fourth-order valence-corrected chi connectivity index (χ4v) is 3.76. The van der Waals surface area contributed by atoms with Crippen LogP contribution in [0.2, 0.25) is 0 Å². The molecule has 1 fully saturated rings. The summed E-state index contributed by atoms with van der Waals surface area (Å²) in [5, 5.41) is 5.41. The van der Waals surface area contributed by atoms with Gasteiger partial charge in [0.2, 0.25) is 5.88 Å². The van der Waals surface area contributed by atoms with Crippen LogP contribution < -0.4 is 4.74 Å². The van der Waals surface area contributed by atoms with Crippen LogP contribution >= 0.6 is 0 Å². The van der Waals surface area contributed by atoms with Gasteiger partial charge >= 0.3 is 6.09 Å². The van der Waals surface area contributed by atoms with Crippen molar-refractivity contribution in [1.29, 1.82) is 0 Å². The average molecular weight is 382 g/mol. The summed E-state index contributed by atoms with van der Waals surface area (Å²) < 4.78 is 26.0. The summed E-state index contributed by atoms with van der Waals surface area (Å²) in [4.78, 5) is 18.6. The molecular weight excluding hydrogens is 363 g/mol. The first-order valence-electron chi connectivity index (χ1n) is 9.32. The van der Waals surface area contributed by atoms with E-state index < -0.39 is 6.09 Å². The van der Waals surface area contributed by atoms with Gasteiger partial charge in [0.15, 0.2) is 5.65 Å². The zero-order valence-electron chi connectivity index (χ0n) is 15.4. The van der Waals surface area contributed by atoms with Crippen molar-refractivity contribution in [1.82, 2.24) is 19.7 Å². The molecule has 2 aliphatic heterocycles. The molecule has 3 aromatic rings. The first-order valence-corrected chi connectivity index (χ1v) is 9.32. The minimum Gasteiger partial charge on any atom is -0.391 e. The van der Waals surface area contributed by atoms with E-state index in [2.05, 4.69) is 10.1 Å². The van der Waals surface area contributed by atoms with Crippen LogP contribution in [0.3, 0.4) is 0 Å². The number of pyridine rings is 1. The van der Waals surface area contributed by atoms with E-state index in [0.29, 0.717) is 30.3 Å². The van der Waals surface area contributed by atoms with Gasteiger partial charge in [-0.2, -0.15) is 10.1 Å². The molecule has 0 radical (unpaired) electrons. The summed E-state index contributed by atoms with van der Waals surface area (Å²) in [5.74, 6) is -0.0214. The van der Waals surface area contributed by atoms with Gasteiger partial charge in [-0.3, -0.25) is 0 Å². The van der Waals surface area contributed by atoms with Crippen LogP contribution in [0.5, 0.6) is 5.88 Å². The Morgan fingerprint density at radius 1 is 1.29 bits per heavy atom. The standard InChI is InChI=1S/C20H19FN4O3/c1-12-17-9-13-10-24(11-16-3-2-8-27-16)20(26)28-19(13)22-18(17)25(23-12)15-6-4-14(21)5-7-15/h4-7,9,16H,2-3,8,10-11H2,1H3/t16-/m0/s1. The van der Waals surface area contributed by atoms with E-state index in [1.165, 1.54) is 12.1 Å². The number of rotatable bonds is 3. The lowest BCUT2D eigenvalue weighted by atomic mass is 10.1. The monoisotopic (exact) mass is 382 g/mol. The molecule has 7 nitrogen and oxygen atoms in total. The summed E-state index contributed by atoms with van der Waals surface area (Å²) in [6.07, 6.45) is 1.62. The number of fused-ring (bicyclic) bond motifs is 2. The Hall–Kier alpha value is -3.00. The molecule has 0 spiro atoms. The third kappa shape index (κ3) is 2.90. The van der Waals surface area contributed by atoms with E-state index >= 15 is 0 Å². The maximum atomic E-state index is 13.3.